The fourth-order valence-electron chi connectivity index (χ4n) is 2.13. The number of rotatable bonds is 6. The van der Waals surface area contributed by atoms with Gasteiger partial charge in [-0.15, -0.1) is 0 Å². The minimum absolute atomic E-state index is 0.0780. The summed E-state index contributed by atoms with van der Waals surface area (Å²) >= 11 is 9.21. The van der Waals surface area contributed by atoms with Crippen LogP contribution in [0.5, 0.6) is 0 Å². The van der Waals surface area contributed by atoms with Crippen molar-refractivity contribution in [2.75, 3.05) is 26.2 Å². The standard InChI is InChI=1S/C13H18BrClN2O3S/c14-10-1-2-13(12(15)9-10)21(18,19)17-7-8-20-11-3-5-16-6-4-11/h1-2,9,11,16-17H,3-8H2. The van der Waals surface area contributed by atoms with Crippen LogP contribution in [0.15, 0.2) is 27.6 Å². The smallest absolute Gasteiger partial charge is 0.242 e. The molecular weight excluding hydrogens is 380 g/mol. The van der Waals surface area contributed by atoms with Crippen LogP contribution < -0.4 is 10.0 Å². The van der Waals surface area contributed by atoms with Gasteiger partial charge in [0.1, 0.15) is 4.90 Å². The van der Waals surface area contributed by atoms with E-state index in [-0.39, 0.29) is 22.6 Å². The third-order valence-corrected chi connectivity index (χ3v) is 5.65. The van der Waals surface area contributed by atoms with Crippen LogP contribution in [0, 0.1) is 0 Å². The van der Waals surface area contributed by atoms with Gasteiger partial charge >= 0.3 is 0 Å². The summed E-state index contributed by atoms with van der Waals surface area (Å²) in [6, 6.07) is 4.68. The van der Waals surface area contributed by atoms with Gasteiger partial charge in [0.15, 0.2) is 0 Å². The first-order valence-corrected chi connectivity index (χ1v) is 9.41. The van der Waals surface area contributed by atoms with Gasteiger partial charge in [-0.05, 0) is 44.1 Å². The van der Waals surface area contributed by atoms with E-state index < -0.39 is 10.0 Å². The molecule has 1 heterocycles. The number of benzene rings is 1. The topological polar surface area (TPSA) is 67.4 Å². The van der Waals surface area contributed by atoms with Crippen molar-refractivity contribution in [1.29, 1.82) is 0 Å². The molecule has 21 heavy (non-hydrogen) atoms. The number of hydrogen-bond acceptors (Lipinski definition) is 4. The Bertz CT molecular complexity index is 577. The van der Waals surface area contributed by atoms with Gasteiger partial charge < -0.3 is 10.1 Å². The van der Waals surface area contributed by atoms with Crippen molar-refractivity contribution >= 4 is 37.6 Å². The lowest BCUT2D eigenvalue weighted by Gasteiger charge is -2.22. The average molecular weight is 398 g/mol. The molecule has 2 rings (SSSR count). The Balaban J connectivity index is 1.83. The Morgan fingerprint density at radius 1 is 1.38 bits per heavy atom. The molecular formula is C13H18BrClN2O3S. The maximum atomic E-state index is 12.1. The van der Waals surface area contributed by atoms with Crippen LogP contribution in [0.2, 0.25) is 5.02 Å². The van der Waals surface area contributed by atoms with Gasteiger partial charge in [-0.25, -0.2) is 13.1 Å². The number of ether oxygens (including phenoxy) is 1. The lowest BCUT2D eigenvalue weighted by molar-refractivity contribution is 0.0367. The van der Waals surface area contributed by atoms with Crippen LogP contribution >= 0.6 is 27.5 Å². The molecule has 1 saturated heterocycles. The van der Waals surface area contributed by atoms with Crippen LogP contribution in [0.3, 0.4) is 0 Å². The fourth-order valence-corrected chi connectivity index (χ4v) is 4.18. The monoisotopic (exact) mass is 396 g/mol. The molecule has 1 aliphatic heterocycles. The highest BCUT2D eigenvalue weighted by Crippen LogP contribution is 2.24. The fraction of sp³-hybridized carbons (Fsp3) is 0.538. The summed E-state index contributed by atoms with van der Waals surface area (Å²) in [5.41, 5.74) is 0. The Hall–Kier alpha value is -0.180. The highest BCUT2D eigenvalue weighted by atomic mass is 79.9. The molecule has 0 saturated carbocycles. The highest BCUT2D eigenvalue weighted by Gasteiger charge is 2.18. The molecule has 0 atom stereocenters. The van der Waals surface area contributed by atoms with Gasteiger partial charge in [-0.3, -0.25) is 0 Å². The Morgan fingerprint density at radius 3 is 2.76 bits per heavy atom. The van der Waals surface area contributed by atoms with Crippen molar-refractivity contribution < 1.29 is 13.2 Å². The third-order valence-electron chi connectivity index (χ3n) is 3.22. The van der Waals surface area contributed by atoms with E-state index >= 15 is 0 Å². The van der Waals surface area contributed by atoms with Crippen LogP contribution in [0.25, 0.3) is 0 Å². The third kappa shape index (κ3) is 5.19. The molecule has 1 aromatic carbocycles. The summed E-state index contributed by atoms with van der Waals surface area (Å²) in [6.45, 7) is 2.49. The van der Waals surface area contributed by atoms with Crippen LogP contribution in [0.4, 0.5) is 0 Å². The highest BCUT2D eigenvalue weighted by molar-refractivity contribution is 9.10. The first-order valence-electron chi connectivity index (χ1n) is 6.76. The van der Waals surface area contributed by atoms with Crippen LogP contribution in [-0.4, -0.2) is 40.8 Å². The molecule has 0 bridgehead atoms. The Morgan fingerprint density at radius 2 is 2.10 bits per heavy atom. The zero-order valence-corrected chi connectivity index (χ0v) is 14.6. The molecule has 0 aromatic heterocycles. The maximum Gasteiger partial charge on any atom is 0.242 e. The summed E-state index contributed by atoms with van der Waals surface area (Å²) in [6.07, 6.45) is 2.14. The summed E-state index contributed by atoms with van der Waals surface area (Å²) in [7, 11) is -3.61. The van der Waals surface area contributed by atoms with Crippen molar-refractivity contribution in [2.45, 2.75) is 23.8 Å². The van der Waals surface area contributed by atoms with Gasteiger partial charge in [-0.1, -0.05) is 27.5 Å². The molecule has 1 aromatic rings. The summed E-state index contributed by atoms with van der Waals surface area (Å²) in [5.74, 6) is 0. The van der Waals surface area contributed by atoms with E-state index in [0.29, 0.717) is 6.61 Å². The molecule has 5 nitrogen and oxygen atoms in total. The van der Waals surface area contributed by atoms with E-state index in [9.17, 15) is 8.42 Å². The molecule has 0 radical (unpaired) electrons. The minimum Gasteiger partial charge on any atom is -0.377 e. The second kappa shape index (κ2) is 7.89. The second-order valence-corrected chi connectivity index (χ2v) is 7.85. The molecule has 2 N–H and O–H groups in total. The van der Waals surface area contributed by atoms with E-state index in [2.05, 4.69) is 26.0 Å². The number of sulfonamides is 1. The molecule has 0 unspecified atom stereocenters. The van der Waals surface area contributed by atoms with E-state index in [1.54, 1.807) is 12.1 Å². The van der Waals surface area contributed by atoms with Gasteiger partial charge in [0, 0.05) is 11.0 Å². The van der Waals surface area contributed by atoms with Gasteiger partial charge in [0.2, 0.25) is 10.0 Å². The normalized spacial score (nSPS) is 17.0. The predicted octanol–water partition coefficient (Wildman–Crippen LogP) is 2.15. The SMILES string of the molecule is O=S(=O)(NCCOC1CCNCC1)c1ccc(Br)cc1Cl. The van der Waals surface area contributed by atoms with E-state index in [0.717, 1.165) is 30.4 Å². The van der Waals surface area contributed by atoms with E-state index in [1.807, 2.05) is 0 Å². The van der Waals surface area contributed by atoms with Crippen molar-refractivity contribution in [1.82, 2.24) is 10.0 Å². The van der Waals surface area contributed by atoms with Crippen molar-refractivity contribution in [3.05, 3.63) is 27.7 Å². The number of hydrogen-bond donors (Lipinski definition) is 2. The van der Waals surface area contributed by atoms with Crippen LogP contribution in [0.1, 0.15) is 12.8 Å². The zero-order chi connectivity index (χ0) is 15.3. The van der Waals surface area contributed by atoms with Gasteiger partial charge in [0.25, 0.3) is 0 Å². The first-order chi connectivity index (χ1) is 9.99. The number of nitrogens with one attached hydrogen (secondary N) is 2. The first kappa shape index (κ1) is 17.2. The molecule has 8 heteroatoms. The molecule has 1 aliphatic rings. The largest absolute Gasteiger partial charge is 0.377 e. The minimum atomic E-state index is -3.61. The lowest BCUT2D eigenvalue weighted by atomic mass is 10.1. The van der Waals surface area contributed by atoms with Gasteiger partial charge in [-0.2, -0.15) is 0 Å². The number of halogens is 2. The van der Waals surface area contributed by atoms with Crippen LogP contribution in [-0.2, 0) is 14.8 Å². The predicted molar refractivity (Wildman–Crippen MR) is 86.2 cm³/mol. The average Bonchev–Trinajstić information content (AvgIpc) is 2.44. The molecule has 0 spiro atoms. The molecule has 0 aliphatic carbocycles. The van der Waals surface area contributed by atoms with Crippen molar-refractivity contribution in [2.24, 2.45) is 0 Å². The molecule has 118 valence electrons. The maximum absolute atomic E-state index is 12.1. The molecule has 0 amide bonds. The Kier molecular flexibility index (Phi) is 6.46. The van der Waals surface area contributed by atoms with Crippen molar-refractivity contribution in [3.63, 3.8) is 0 Å². The van der Waals surface area contributed by atoms with Crippen molar-refractivity contribution in [3.8, 4) is 0 Å². The zero-order valence-electron chi connectivity index (χ0n) is 11.4. The lowest BCUT2D eigenvalue weighted by Crippen LogP contribution is -2.34. The summed E-state index contributed by atoms with van der Waals surface area (Å²) in [4.78, 5) is 0.0780. The summed E-state index contributed by atoms with van der Waals surface area (Å²) < 4.78 is 33.2. The Labute approximate surface area is 138 Å². The summed E-state index contributed by atoms with van der Waals surface area (Å²) in [5, 5.41) is 3.44. The van der Waals surface area contributed by atoms with Gasteiger partial charge in [0.05, 0.1) is 17.7 Å². The van der Waals surface area contributed by atoms with E-state index in [1.165, 1.54) is 6.07 Å². The second-order valence-electron chi connectivity index (χ2n) is 4.79. The quantitative estimate of drug-likeness (QED) is 0.722. The number of piperidine rings is 1. The van der Waals surface area contributed by atoms with E-state index in [4.69, 9.17) is 16.3 Å². The molecule has 1 fully saturated rings.